The van der Waals surface area contributed by atoms with Crippen LogP contribution in [-0.2, 0) is 33.0 Å². The molecule has 2 rings (SSSR count). The fraction of sp³-hybridized carbons (Fsp3) is 0.733. The molecule has 136 valence electrons. The Labute approximate surface area is 139 Å². The van der Waals surface area contributed by atoms with E-state index in [0.29, 0.717) is 18.8 Å². The summed E-state index contributed by atoms with van der Waals surface area (Å²) in [4.78, 5) is 24.0. The zero-order valence-corrected chi connectivity index (χ0v) is 14.1. The zero-order chi connectivity index (χ0) is 17.7. The molecule has 0 spiro atoms. The Bertz CT molecular complexity index is 654. The lowest BCUT2D eigenvalue weighted by Gasteiger charge is -2.16. The van der Waals surface area contributed by atoms with Crippen molar-refractivity contribution in [2.75, 3.05) is 33.7 Å². The Kier molecular flexibility index (Phi) is 6.69. The van der Waals surface area contributed by atoms with Crippen molar-refractivity contribution in [1.82, 2.24) is 9.13 Å². The average Bonchev–Trinajstić information content (AvgIpc) is 2.93. The van der Waals surface area contributed by atoms with Crippen LogP contribution in [0.4, 0.5) is 0 Å². The van der Waals surface area contributed by atoms with Gasteiger partial charge in [-0.3, -0.25) is 9.36 Å². The van der Waals surface area contributed by atoms with Crippen molar-refractivity contribution >= 4 is 0 Å². The molecule has 0 unspecified atom stereocenters. The number of aliphatic hydroxyl groups is 1. The Morgan fingerprint density at radius 1 is 1.29 bits per heavy atom. The highest BCUT2D eigenvalue weighted by molar-refractivity contribution is 5.12. The van der Waals surface area contributed by atoms with Gasteiger partial charge in [-0.1, -0.05) is 0 Å². The van der Waals surface area contributed by atoms with E-state index in [-0.39, 0.29) is 19.8 Å². The first-order valence-electron chi connectivity index (χ1n) is 7.70. The first-order valence-corrected chi connectivity index (χ1v) is 7.70. The Morgan fingerprint density at radius 2 is 2.04 bits per heavy atom. The van der Waals surface area contributed by atoms with E-state index in [1.807, 2.05) is 0 Å². The van der Waals surface area contributed by atoms with Crippen LogP contribution in [0.25, 0.3) is 0 Å². The van der Waals surface area contributed by atoms with Crippen LogP contribution >= 0.6 is 0 Å². The van der Waals surface area contributed by atoms with E-state index in [1.165, 1.54) is 17.8 Å². The summed E-state index contributed by atoms with van der Waals surface area (Å²) in [6.45, 7) is 1.12. The van der Waals surface area contributed by atoms with E-state index in [1.54, 1.807) is 14.2 Å². The molecular weight excluding hydrogens is 320 g/mol. The van der Waals surface area contributed by atoms with E-state index in [2.05, 4.69) is 0 Å². The lowest BCUT2D eigenvalue weighted by atomic mass is 10.1. The normalized spacial score (nSPS) is 23.8. The molecule has 24 heavy (non-hydrogen) atoms. The molecule has 3 atom stereocenters. The van der Waals surface area contributed by atoms with Crippen LogP contribution in [0.1, 0.15) is 18.1 Å². The maximum Gasteiger partial charge on any atom is 0.330 e. The van der Waals surface area contributed by atoms with Crippen LogP contribution in [0.5, 0.6) is 0 Å². The van der Waals surface area contributed by atoms with Crippen LogP contribution in [0.3, 0.4) is 0 Å². The molecule has 1 fully saturated rings. The van der Waals surface area contributed by atoms with Crippen LogP contribution < -0.4 is 11.2 Å². The van der Waals surface area contributed by atoms with Gasteiger partial charge in [0.25, 0.3) is 5.56 Å². The van der Waals surface area contributed by atoms with E-state index >= 15 is 0 Å². The lowest BCUT2D eigenvalue weighted by Crippen LogP contribution is -2.39. The molecule has 9 nitrogen and oxygen atoms in total. The topological polar surface area (TPSA) is 101 Å². The van der Waals surface area contributed by atoms with Crippen molar-refractivity contribution in [3.8, 4) is 0 Å². The van der Waals surface area contributed by atoms with E-state index in [4.69, 9.17) is 18.9 Å². The molecule has 0 aromatic carbocycles. The quantitative estimate of drug-likeness (QED) is 0.472. The fourth-order valence-corrected chi connectivity index (χ4v) is 2.56. The number of ether oxygens (including phenoxy) is 4. The zero-order valence-electron chi connectivity index (χ0n) is 14.1. The molecule has 0 bridgehead atoms. The third-order valence-corrected chi connectivity index (χ3v) is 3.92. The number of hydrogen-bond donors (Lipinski definition) is 1. The van der Waals surface area contributed by atoms with Crippen LogP contribution in [0.2, 0.25) is 0 Å². The first-order chi connectivity index (χ1) is 11.5. The highest BCUT2D eigenvalue weighted by Crippen LogP contribution is 2.31. The second kappa shape index (κ2) is 8.54. The van der Waals surface area contributed by atoms with Gasteiger partial charge in [0.15, 0.2) is 0 Å². The van der Waals surface area contributed by atoms with Gasteiger partial charge >= 0.3 is 5.69 Å². The molecule has 0 amide bonds. The number of aryl methyl sites for hydroxylation is 1. The van der Waals surface area contributed by atoms with Crippen LogP contribution in [0.15, 0.2) is 15.8 Å². The molecule has 1 aromatic rings. The van der Waals surface area contributed by atoms with Crippen molar-refractivity contribution in [1.29, 1.82) is 0 Å². The number of aromatic nitrogens is 2. The lowest BCUT2D eigenvalue weighted by molar-refractivity contribution is -0.108. The molecule has 1 aliphatic heterocycles. The summed E-state index contributed by atoms with van der Waals surface area (Å²) in [5.74, 6) is 0. The van der Waals surface area contributed by atoms with Gasteiger partial charge in [-0.05, 0) is 0 Å². The van der Waals surface area contributed by atoms with E-state index in [0.717, 1.165) is 4.57 Å². The predicted molar refractivity (Wildman–Crippen MR) is 83.8 cm³/mol. The standard InChI is InChI=1S/C15H24N2O7/c1-16-7-10(14(19)17(2)15(16)20)12-6-11(18)13(24-12)8-23-9-22-5-4-21-3/h7,11-13,18H,4-6,8-9H2,1-3H3/t11-,12+,13+/m0/s1. The number of rotatable bonds is 8. The second-order valence-corrected chi connectivity index (χ2v) is 5.70. The molecule has 1 N–H and O–H groups in total. The summed E-state index contributed by atoms with van der Waals surface area (Å²) < 4.78 is 23.4. The molecule has 0 aliphatic carbocycles. The predicted octanol–water partition coefficient (Wildman–Crippen LogP) is -1.09. The highest BCUT2D eigenvalue weighted by Gasteiger charge is 2.36. The van der Waals surface area contributed by atoms with Gasteiger partial charge in [0, 0.05) is 33.8 Å². The number of aliphatic hydroxyl groups excluding tert-OH is 1. The average molecular weight is 344 g/mol. The first kappa shape index (κ1) is 18.8. The number of methoxy groups -OCH3 is 1. The van der Waals surface area contributed by atoms with Crippen molar-refractivity contribution in [2.45, 2.75) is 24.7 Å². The summed E-state index contributed by atoms with van der Waals surface area (Å²) >= 11 is 0. The third-order valence-electron chi connectivity index (χ3n) is 3.92. The van der Waals surface area contributed by atoms with Crippen LogP contribution in [-0.4, -0.2) is 60.2 Å². The molecule has 0 radical (unpaired) electrons. The highest BCUT2D eigenvalue weighted by atomic mass is 16.7. The third kappa shape index (κ3) is 4.31. The van der Waals surface area contributed by atoms with Gasteiger partial charge in [0.05, 0.1) is 37.6 Å². The van der Waals surface area contributed by atoms with Gasteiger partial charge in [0.1, 0.15) is 12.9 Å². The summed E-state index contributed by atoms with van der Waals surface area (Å²) in [6.07, 6.45) is -0.155. The fourth-order valence-electron chi connectivity index (χ4n) is 2.56. The molecule has 1 aliphatic rings. The molecular formula is C15H24N2O7. The van der Waals surface area contributed by atoms with Crippen molar-refractivity contribution in [3.05, 3.63) is 32.6 Å². The number of nitrogens with zero attached hydrogens (tertiary/aromatic N) is 2. The maximum atomic E-state index is 12.2. The largest absolute Gasteiger partial charge is 0.390 e. The monoisotopic (exact) mass is 344 g/mol. The van der Waals surface area contributed by atoms with Gasteiger partial charge < -0.3 is 28.6 Å². The Hall–Kier alpha value is -1.52. The summed E-state index contributed by atoms with van der Waals surface area (Å²) in [7, 11) is 4.56. The van der Waals surface area contributed by atoms with Crippen molar-refractivity contribution in [3.63, 3.8) is 0 Å². The minimum Gasteiger partial charge on any atom is -0.390 e. The minimum absolute atomic E-state index is 0.0716. The SMILES string of the molecule is COCCOCOC[C@H]1O[C@@H](c2cn(C)c(=O)n(C)c2=O)C[C@@H]1O. The molecule has 2 heterocycles. The van der Waals surface area contributed by atoms with E-state index < -0.39 is 29.6 Å². The molecule has 1 aromatic heterocycles. The smallest absolute Gasteiger partial charge is 0.330 e. The summed E-state index contributed by atoms with van der Waals surface area (Å²) in [5.41, 5.74) is -0.479. The van der Waals surface area contributed by atoms with Gasteiger partial charge in [0.2, 0.25) is 0 Å². The van der Waals surface area contributed by atoms with Crippen molar-refractivity contribution in [2.24, 2.45) is 14.1 Å². The second-order valence-electron chi connectivity index (χ2n) is 5.70. The molecule has 0 saturated carbocycles. The van der Waals surface area contributed by atoms with Gasteiger partial charge in [-0.2, -0.15) is 0 Å². The van der Waals surface area contributed by atoms with Gasteiger partial charge in [-0.15, -0.1) is 0 Å². The maximum absolute atomic E-state index is 12.2. The minimum atomic E-state index is -0.754. The summed E-state index contributed by atoms with van der Waals surface area (Å²) in [6, 6.07) is 0. The Morgan fingerprint density at radius 3 is 2.75 bits per heavy atom. The summed E-state index contributed by atoms with van der Waals surface area (Å²) in [5, 5.41) is 10.1. The van der Waals surface area contributed by atoms with Crippen LogP contribution in [0, 0.1) is 0 Å². The van der Waals surface area contributed by atoms with E-state index in [9.17, 15) is 14.7 Å². The molecule has 9 heteroatoms. The van der Waals surface area contributed by atoms with Gasteiger partial charge in [-0.25, -0.2) is 4.79 Å². The Balaban J connectivity index is 1.94. The molecule has 1 saturated heterocycles. The van der Waals surface area contributed by atoms with Crippen molar-refractivity contribution < 1.29 is 24.1 Å². The number of hydrogen-bond acceptors (Lipinski definition) is 7.